The number of carbonyl (C=O) groups is 15. The number of carbonyl (C=O) groups excluding carboxylic acids is 13. The van der Waals surface area contributed by atoms with Gasteiger partial charge in [-0.3, -0.25) is 71.9 Å². The van der Waals surface area contributed by atoms with E-state index in [-0.39, 0.29) is 92.6 Å². The van der Waals surface area contributed by atoms with E-state index in [0.717, 1.165) is 11.3 Å². The van der Waals surface area contributed by atoms with Gasteiger partial charge in [-0.2, -0.15) is 0 Å². The summed E-state index contributed by atoms with van der Waals surface area (Å²) in [5, 5.41) is 49.2. The molecule has 11 atom stereocenters. The topological polar surface area (TPSA) is 522 Å². The van der Waals surface area contributed by atoms with E-state index in [9.17, 15) is 82.1 Å². The average Bonchev–Trinajstić information content (AvgIpc) is 1.30. The van der Waals surface area contributed by atoms with Crippen LogP contribution >= 0.6 is 11.3 Å². The predicted octanol–water partition coefficient (Wildman–Crippen LogP) is -1.35. The summed E-state index contributed by atoms with van der Waals surface area (Å²) in [5.74, 6) is -16.8. The first-order valence-electron chi connectivity index (χ1n) is 32.6. The molecule has 3 aromatic rings. The minimum atomic E-state index is -2.00. The Kier molecular flexibility index (Phi) is 33.0. The number of hydrogen-bond donors (Lipinski definition) is 16. The molecule has 0 aliphatic carbocycles. The summed E-state index contributed by atoms with van der Waals surface area (Å²) < 4.78 is 0. The van der Waals surface area contributed by atoms with Gasteiger partial charge in [-0.25, -0.2) is 9.97 Å². The van der Waals surface area contributed by atoms with Crippen LogP contribution in [0.4, 0.5) is 0 Å². The number of nitrogens with zero attached hydrogens (tertiary/aromatic N) is 2. The van der Waals surface area contributed by atoms with Crippen LogP contribution in [-0.2, 0) is 75.2 Å². The van der Waals surface area contributed by atoms with Gasteiger partial charge in [0.25, 0.3) is 5.91 Å². The van der Waals surface area contributed by atoms with Gasteiger partial charge >= 0.3 is 11.9 Å². The summed E-state index contributed by atoms with van der Waals surface area (Å²) in [7, 11) is 0. The number of unbranched alkanes of at least 4 members (excludes halogenated alkanes) is 1. The Hall–Kier alpha value is -9.73. The molecule has 1 aromatic carbocycles. The summed E-state index contributed by atoms with van der Waals surface area (Å²) in [6, 6.07) is -7.11. The molecule has 18 N–H and O–H groups in total. The Labute approximate surface area is 571 Å². The molecule has 2 aromatic heterocycles. The molecule has 0 bridgehead atoms. The molecule has 4 rings (SSSR count). The fourth-order valence-corrected chi connectivity index (χ4v) is 11.1. The number of carboxylic acids is 2. The van der Waals surface area contributed by atoms with Crippen LogP contribution in [0, 0.1) is 23.7 Å². The maximum atomic E-state index is 14.6. The fourth-order valence-electron chi connectivity index (χ4n) is 10.2. The van der Waals surface area contributed by atoms with E-state index in [1.807, 2.05) is 0 Å². The molecular formula is C64H94N16O17S. The third-order valence-corrected chi connectivity index (χ3v) is 16.7. The summed E-state index contributed by atoms with van der Waals surface area (Å²) in [5.41, 5.74) is 12.2. The van der Waals surface area contributed by atoms with E-state index in [1.165, 1.54) is 17.9 Å². The number of nitrogens with two attached hydrogens (primary N) is 2. The number of rotatable bonds is 33. The molecule has 0 radical (unpaired) electrons. The first-order valence-corrected chi connectivity index (χ1v) is 33.4. The van der Waals surface area contributed by atoms with Crippen molar-refractivity contribution >= 4 is 99.9 Å². The molecule has 0 spiro atoms. The summed E-state index contributed by atoms with van der Waals surface area (Å²) in [4.78, 5) is 217. The zero-order chi connectivity index (χ0) is 72.9. The third kappa shape index (κ3) is 26.7. The largest absolute Gasteiger partial charge is 0.481 e. The zero-order valence-electron chi connectivity index (χ0n) is 56.3. The van der Waals surface area contributed by atoms with Gasteiger partial charge in [0.2, 0.25) is 65.0 Å². The Morgan fingerprint density at radius 2 is 1.17 bits per heavy atom. The highest BCUT2D eigenvalue weighted by Gasteiger charge is 2.39. The standard InChI is InChI=1S/C64H94N16O17S/c1-9-35(8)51(80-55(89)40(20-21-48(82)83)72-56(90)41(24-32(2)3)73-61(95)46-30-98-64(78-46)52(86)34(6)7)62(96)68-23-14-13-18-38-53(87)70-39(19-15-22-65)54(88)79-50(33(4)5)63(97)77-42(25-36-16-11-10-12-17-36)57(91)74-43(26-37-29-67-31-69-37)58(92)76-45(28-49(84)85)60(94)75-44(27-47(66)81)59(93)71-38/h10-12,16-17,29-35,38-45,50-51H,9,13-15,18-28,65H2,1-8H3,(H2,66,81)(H,67,69)(H,68,96)(H,70,87)(H,71,93)(H,72,90)(H,73,95)(H,74,91)(H,75,94)(H,76,92)(H,77,97)(H,79,88)(H,80,89)(H,82,83)(H,84,85). The predicted molar refractivity (Wildman–Crippen MR) is 354 cm³/mol. The van der Waals surface area contributed by atoms with Crippen molar-refractivity contribution in [3.05, 3.63) is 70.2 Å². The number of aliphatic carboxylic acids is 2. The minimum Gasteiger partial charge on any atom is -0.481 e. The van der Waals surface area contributed by atoms with Gasteiger partial charge in [0, 0.05) is 49.0 Å². The SMILES string of the molecule is CCC(C)C(NC(=O)C(CCC(=O)O)NC(=O)C(CC(C)C)NC(=O)c1csc(C(=O)C(C)C)n1)C(=O)NCCCCC1NC(=O)C(CC(N)=O)NC(=O)C(CC(=O)O)NC(=O)C(Cc2cnc[nH]2)NC(=O)C(Cc2ccccc2)NC(=O)C(C(C)C)NC(=O)C(CCCN)NC1=O. The molecule has 1 fully saturated rings. The summed E-state index contributed by atoms with van der Waals surface area (Å²) in [6.45, 7) is 13.4. The number of aromatic amines is 1. The van der Waals surface area contributed by atoms with Crippen LogP contribution in [0.1, 0.15) is 158 Å². The maximum absolute atomic E-state index is 14.6. The van der Waals surface area contributed by atoms with Gasteiger partial charge < -0.3 is 85.1 Å². The molecule has 3 heterocycles. The molecule has 1 aliphatic heterocycles. The number of thiazole rings is 1. The molecule has 33 nitrogen and oxygen atoms in total. The Balaban J connectivity index is 1.66. The van der Waals surface area contributed by atoms with Crippen molar-refractivity contribution in [3.63, 3.8) is 0 Å². The first kappa shape index (κ1) is 80.7. The van der Waals surface area contributed by atoms with Crippen LogP contribution in [-0.4, -0.2) is 187 Å². The quantitative estimate of drug-likeness (QED) is 0.0248. The van der Waals surface area contributed by atoms with Crippen molar-refractivity contribution in [2.45, 2.75) is 199 Å². The number of Topliss-reactive ketones (excluding diaryl/α,β-unsaturated/α-hetero) is 1. The normalized spacial score (nSPS) is 20.4. The number of H-pyrrole nitrogens is 1. The lowest BCUT2D eigenvalue weighted by atomic mass is 9.97. The molecule has 12 amide bonds. The van der Waals surface area contributed by atoms with Crippen LogP contribution in [0.5, 0.6) is 0 Å². The Morgan fingerprint density at radius 3 is 1.72 bits per heavy atom. The summed E-state index contributed by atoms with van der Waals surface area (Å²) in [6.07, 6.45) is -0.783. The number of benzene rings is 1. The minimum absolute atomic E-state index is 0.0124. The van der Waals surface area contributed by atoms with E-state index >= 15 is 0 Å². The fraction of sp³-hybridized carbons (Fsp3) is 0.578. The van der Waals surface area contributed by atoms with E-state index in [4.69, 9.17) is 11.5 Å². The first-order chi connectivity index (χ1) is 46.3. The number of nitrogens with one attached hydrogen (secondary N) is 12. The smallest absolute Gasteiger partial charge is 0.305 e. The lowest BCUT2D eigenvalue weighted by Gasteiger charge is -2.29. The van der Waals surface area contributed by atoms with Gasteiger partial charge in [0.05, 0.1) is 19.2 Å². The lowest BCUT2D eigenvalue weighted by Crippen LogP contribution is -2.61. The van der Waals surface area contributed by atoms with Crippen LogP contribution in [0.2, 0.25) is 0 Å². The molecule has 1 aliphatic rings. The van der Waals surface area contributed by atoms with Crippen molar-refractivity contribution in [1.82, 2.24) is 73.4 Å². The van der Waals surface area contributed by atoms with E-state index in [0.29, 0.717) is 12.0 Å². The summed E-state index contributed by atoms with van der Waals surface area (Å²) >= 11 is 0.960. The highest BCUT2D eigenvalue weighted by molar-refractivity contribution is 7.12. The van der Waals surface area contributed by atoms with Gasteiger partial charge in [-0.15, -0.1) is 11.3 Å². The Morgan fingerprint density at radius 1 is 0.622 bits per heavy atom. The monoisotopic (exact) mass is 1390 g/mol. The number of imidazole rings is 1. The third-order valence-electron chi connectivity index (χ3n) is 15.9. The number of aromatic nitrogens is 3. The van der Waals surface area contributed by atoms with Crippen LogP contribution < -0.4 is 70.0 Å². The van der Waals surface area contributed by atoms with Gasteiger partial charge in [-0.1, -0.05) is 92.1 Å². The van der Waals surface area contributed by atoms with Crippen molar-refractivity contribution in [1.29, 1.82) is 0 Å². The second-order valence-corrected chi connectivity index (χ2v) is 26.0. The van der Waals surface area contributed by atoms with Crippen molar-refractivity contribution < 1.29 is 82.1 Å². The van der Waals surface area contributed by atoms with Crippen molar-refractivity contribution in [3.8, 4) is 0 Å². The molecular weight excluding hydrogens is 1300 g/mol. The lowest BCUT2D eigenvalue weighted by molar-refractivity contribution is -0.142. The molecule has 34 heteroatoms. The van der Waals surface area contributed by atoms with E-state index in [2.05, 4.69) is 73.4 Å². The number of ketones is 1. The molecule has 98 heavy (non-hydrogen) atoms. The van der Waals surface area contributed by atoms with Crippen molar-refractivity contribution in [2.75, 3.05) is 13.1 Å². The molecule has 538 valence electrons. The molecule has 1 saturated heterocycles. The highest BCUT2D eigenvalue weighted by Crippen LogP contribution is 2.18. The van der Waals surface area contributed by atoms with E-state index in [1.54, 1.807) is 85.7 Å². The van der Waals surface area contributed by atoms with Crippen LogP contribution in [0.3, 0.4) is 0 Å². The second-order valence-electron chi connectivity index (χ2n) is 25.1. The zero-order valence-corrected chi connectivity index (χ0v) is 57.1. The van der Waals surface area contributed by atoms with Crippen LogP contribution in [0.25, 0.3) is 0 Å². The average molecular weight is 1390 g/mol. The molecule has 11 unspecified atom stereocenters. The number of carboxylic acid groups (broad SMARTS) is 2. The highest BCUT2D eigenvalue weighted by atomic mass is 32.1. The van der Waals surface area contributed by atoms with Crippen LogP contribution in [0.15, 0.2) is 48.2 Å². The maximum Gasteiger partial charge on any atom is 0.305 e. The molecule has 0 saturated carbocycles. The number of hydrogen-bond acceptors (Lipinski definition) is 19. The van der Waals surface area contributed by atoms with Crippen molar-refractivity contribution in [2.24, 2.45) is 35.1 Å². The van der Waals surface area contributed by atoms with Gasteiger partial charge in [-0.05, 0) is 74.8 Å². The number of primary amides is 1. The Bertz CT molecular complexity index is 3270. The number of amides is 12. The van der Waals surface area contributed by atoms with Gasteiger partial charge in [0.15, 0.2) is 10.8 Å². The van der Waals surface area contributed by atoms with E-state index < -0.39 is 187 Å². The van der Waals surface area contributed by atoms with Gasteiger partial charge in [0.1, 0.15) is 66.1 Å². The second kappa shape index (κ2) is 40.1.